The summed E-state index contributed by atoms with van der Waals surface area (Å²) in [4.78, 5) is 11.6. The molecular weight excluding hydrogens is 285 g/mol. The highest BCUT2D eigenvalue weighted by Crippen LogP contribution is 2.22. The Labute approximate surface area is 124 Å². The van der Waals surface area contributed by atoms with E-state index < -0.39 is 11.8 Å². The number of halogens is 2. The number of benzene rings is 1. The second kappa shape index (κ2) is 8.07. The molecule has 112 valence electrons. The number of esters is 1. The van der Waals surface area contributed by atoms with Gasteiger partial charge in [0.25, 0.3) is 0 Å². The SMILES string of the molecule is COC(=O)c1cc(F)ccc1OCC1CCNCC1.Cl. The van der Waals surface area contributed by atoms with Crippen LogP contribution in [0.5, 0.6) is 5.75 Å². The lowest BCUT2D eigenvalue weighted by atomic mass is 9.99. The average molecular weight is 304 g/mol. The molecule has 1 aromatic rings. The van der Waals surface area contributed by atoms with E-state index in [9.17, 15) is 9.18 Å². The molecule has 4 nitrogen and oxygen atoms in total. The van der Waals surface area contributed by atoms with Crippen molar-refractivity contribution in [3.63, 3.8) is 0 Å². The van der Waals surface area contributed by atoms with Crippen molar-refractivity contribution in [2.24, 2.45) is 5.92 Å². The molecule has 0 amide bonds. The Hall–Kier alpha value is -1.33. The van der Waals surface area contributed by atoms with Gasteiger partial charge in [-0.05, 0) is 50.0 Å². The summed E-state index contributed by atoms with van der Waals surface area (Å²) in [6.45, 7) is 2.51. The van der Waals surface area contributed by atoms with E-state index in [1.807, 2.05) is 0 Å². The van der Waals surface area contributed by atoms with Crippen LogP contribution >= 0.6 is 12.4 Å². The Morgan fingerprint density at radius 1 is 1.40 bits per heavy atom. The van der Waals surface area contributed by atoms with E-state index in [-0.39, 0.29) is 18.0 Å². The Morgan fingerprint density at radius 3 is 2.75 bits per heavy atom. The van der Waals surface area contributed by atoms with Gasteiger partial charge in [-0.25, -0.2) is 9.18 Å². The van der Waals surface area contributed by atoms with Crippen LogP contribution in [0.4, 0.5) is 4.39 Å². The summed E-state index contributed by atoms with van der Waals surface area (Å²) >= 11 is 0. The third kappa shape index (κ3) is 4.35. The second-order valence-corrected chi connectivity index (χ2v) is 4.64. The first-order valence-corrected chi connectivity index (χ1v) is 6.42. The van der Waals surface area contributed by atoms with Crippen LogP contribution < -0.4 is 10.1 Å². The molecule has 0 spiro atoms. The Kier molecular flexibility index (Phi) is 6.75. The predicted molar refractivity (Wildman–Crippen MR) is 76.1 cm³/mol. The molecule has 0 aromatic heterocycles. The standard InChI is InChI=1S/C14H18FNO3.ClH/c1-18-14(17)12-8-11(15)2-3-13(12)19-9-10-4-6-16-7-5-10;/h2-3,8,10,16H,4-7,9H2,1H3;1H. The van der Waals surface area contributed by atoms with E-state index in [4.69, 9.17) is 4.74 Å². The largest absolute Gasteiger partial charge is 0.492 e. The van der Waals surface area contributed by atoms with Gasteiger partial charge in [0, 0.05) is 0 Å². The van der Waals surface area contributed by atoms with E-state index >= 15 is 0 Å². The van der Waals surface area contributed by atoms with Gasteiger partial charge in [0.05, 0.1) is 13.7 Å². The Bertz CT molecular complexity index is 450. The van der Waals surface area contributed by atoms with Crippen molar-refractivity contribution >= 4 is 18.4 Å². The molecule has 1 saturated heterocycles. The number of hydrogen-bond donors (Lipinski definition) is 1. The summed E-state index contributed by atoms with van der Waals surface area (Å²) < 4.78 is 23.5. The van der Waals surface area contributed by atoms with Crippen molar-refractivity contribution in [3.05, 3.63) is 29.6 Å². The molecule has 20 heavy (non-hydrogen) atoms. The maximum Gasteiger partial charge on any atom is 0.341 e. The number of methoxy groups -OCH3 is 1. The molecule has 1 aliphatic heterocycles. The van der Waals surface area contributed by atoms with E-state index in [2.05, 4.69) is 10.1 Å². The fourth-order valence-electron chi connectivity index (χ4n) is 2.15. The van der Waals surface area contributed by atoms with Gasteiger partial charge in [-0.2, -0.15) is 0 Å². The molecule has 6 heteroatoms. The lowest BCUT2D eigenvalue weighted by molar-refractivity contribution is 0.0594. The first-order valence-electron chi connectivity index (χ1n) is 6.42. The van der Waals surface area contributed by atoms with Crippen molar-refractivity contribution < 1.29 is 18.7 Å². The molecule has 0 radical (unpaired) electrons. The van der Waals surface area contributed by atoms with Crippen LogP contribution in [-0.2, 0) is 4.74 Å². The summed E-state index contributed by atoms with van der Waals surface area (Å²) in [5.41, 5.74) is 0.136. The number of rotatable bonds is 4. The third-order valence-corrected chi connectivity index (χ3v) is 3.28. The van der Waals surface area contributed by atoms with Crippen LogP contribution in [0.2, 0.25) is 0 Å². The van der Waals surface area contributed by atoms with E-state index in [0.29, 0.717) is 18.3 Å². The zero-order chi connectivity index (χ0) is 13.7. The average Bonchev–Trinajstić information content (AvgIpc) is 2.46. The maximum atomic E-state index is 13.2. The molecule has 1 aliphatic rings. The minimum atomic E-state index is -0.584. The van der Waals surface area contributed by atoms with Crippen molar-refractivity contribution in [1.29, 1.82) is 0 Å². The Morgan fingerprint density at radius 2 is 2.10 bits per heavy atom. The summed E-state index contributed by atoms with van der Waals surface area (Å²) in [6, 6.07) is 3.90. The van der Waals surface area contributed by atoms with Gasteiger partial charge in [0.1, 0.15) is 17.1 Å². The van der Waals surface area contributed by atoms with Gasteiger partial charge < -0.3 is 14.8 Å². The number of hydrogen-bond acceptors (Lipinski definition) is 4. The number of carbonyl (C=O) groups excluding carboxylic acids is 1. The van der Waals surface area contributed by atoms with Crippen molar-refractivity contribution in [3.8, 4) is 5.75 Å². The third-order valence-electron chi connectivity index (χ3n) is 3.28. The van der Waals surface area contributed by atoms with Crippen molar-refractivity contribution in [2.75, 3.05) is 26.8 Å². The van der Waals surface area contributed by atoms with Crippen LogP contribution in [0, 0.1) is 11.7 Å². The highest BCUT2D eigenvalue weighted by molar-refractivity contribution is 5.92. The highest BCUT2D eigenvalue weighted by atomic mass is 35.5. The van der Waals surface area contributed by atoms with Crippen molar-refractivity contribution in [1.82, 2.24) is 5.32 Å². The van der Waals surface area contributed by atoms with Crippen LogP contribution in [0.15, 0.2) is 18.2 Å². The molecule has 0 saturated carbocycles. The molecule has 1 heterocycles. The second-order valence-electron chi connectivity index (χ2n) is 4.64. The monoisotopic (exact) mass is 303 g/mol. The van der Waals surface area contributed by atoms with Crippen LogP contribution in [0.1, 0.15) is 23.2 Å². The number of nitrogens with one attached hydrogen (secondary N) is 1. The molecule has 0 aliphatic carbocycles. The quantitative estimate of drug-likeness (QED) is 0.868. The zero-order valence-corrected chi connectivity index (χ0v) is 12.2. The molecule has 1 N–H and O–H groups in total. The van der Waals surface area contributed by atoms with Crippen LogP contribution in [0.3, 0.4) is 0 Å². The topological polar surface area (TPSA) is 47.6 Å². The summed E-state index contributed by atoms with van der Waals surface area (Å²) in [5, 5.41) is 3.28. The van der Waals surface area contributed by atoms with Gasteiger partial charge in [-0.1, -0.05) is 0 Å². The van der Waals surface area contributed by atoms with Gasteiger partial charge in [-0.3, -0.25) is 0 Å². The van der Waals surface area contributed by atoms with Gasteiger partial charge in [0.15, 0.2) is 0 Å². The fourth-order valence-corrected chi connectivity index (χ4v) is 2.15. The van der Waals surface area contributed by atoms with Crippen LogP contribution in [0.25, 0.3) is 0 Å². The molecule has 1 aromatic carbocycles. The first-order chi connectivity index (χ1) is 9.20. The summed E-state index contributed by atoms with van der Waals surface area (Å²) in [5.74, 6) is -0.210. The minimum Gasteiger partial charge on any atom is -0.492 e. The zero-order valence-electron chi connectivity index (χ0n) is 11.4. The maximum absolute atomic E-state index is 13.2. The molecule has 0 atom stereocenters. The van der Waals surface area contributed by atoms with Crippen molar-refractivity contribution in [2.45, 2.75) is 12.8 Å². The number of piperidine rings is 1. The Balaban J connectivity index is 0.00000200. The lowest BCUT2D eigenvalue weighted by Gasteiger charge is -2.23. The molecule has 2 rings (SSSR count). The minimum absolute atomic E-state index is 0. The first kappa shape index (κ1) is 16.7. The van der Waals surface area contributed by atoms with Gasteiger partial charge in [0.2, 0.25) is 0 Å². The summed E-state index contributed by atoms with van der Waals surface area (Å²) in [7, 11) is 1.27. The smallest absolute Gasteiger partial charge is 0.341 e. The van der Waals surface area contributed by atoms with Crippen LogP contribution in [-0.4, -0.2) is 32.8 Å². The summed E-state index contributed by atoms with van der Waals surface area (Å²) in [6.07, 6.45) is 2.10. The molecule has 1 fully saturated rings. The normalized spacial score (nSPS) is 15.3. The van der Waals surface area contributed by atoms with Gasteiger partial charge in [-0.15, -0.1) is 12.4 Å². The van der Waals surface area contributed by atoms with E-state index in [1.165, 1.54) is 19.2 Å². The van der Waals surface area contributed by atoms with E-state index in [0.717, 1.165) is 32.0 Å². The molecular formula is C14H19ClFNO3. The van der Waals surface area contributed by atoms with E-state index in [1.54, 1.807) is 0 Å². The number of carbonyl (C=O) groups is 1. The fraction of sp³-hybridized carbons (Fsp3) is 0.500. The van der Waals surface area contributed by atoms with Gasteiger partial charge >= 0.3 is 5.97 Å². The molecule has 0 unspecified atom stereocenters. The lowest BCUT2D eigenvalue weighted by Crippen LogP contribution is -2.30. The molecule has 0 bridgehead atoms. The number of ether oxygens (including phenoxy) is 2. The predicted octanol–water partition coefficient (Wildman–Crippen LogP) is 2.41. The highest BCUT2D eigenvalue weighted by Gasteiger charge is 2.17.